The van der Waals surface area contributed by atoms with Gasteiger partial charge in [0.1, 0.15) is 6.61 Å². The number of alkyl carbamates (subject to hydrolysis) is 1. The average molecular weight is 303 g/mol. The van der Waals surface area contributed by atoms with E-state index in [9.17, 15) is 9.59 Å². The number of amides is 1. The lowest BCUT2D eigenvalue weighted by molar-refractivity contribution is -0.143. The fourth-order valence-corrected chi connectivity index (χ4v) is 3.87. The number of rotatable bonds is 4. The van der Waals surface area contributed by atoms with Gasteiger partial charge in [-0.2, -0.15) is 0 Å². The Bertz CT molecular complexity index is 531. The summed E-state index contributed by atoms with van der Waals surface area (Å²) in [5.41, 5.74) is 0.954. The number of carboxylic acids is 1. The molecule has 2 N–H and O–H groups in total. The standard InChI is InChI=1S/C17H21NO4/c19-16(20)14-8-12-6-7-13(9-14)15(12)18-17(21)22-10-11-4-2-1-3-5-11/h1-5,12-15H,6-10H2,(H,18,21)(H,19,20)/t12-,13+,14?,15?. The van der Waals surface area contributed by atoms with Crippen molar-refractivity contribution >= 4 is 12.1 Å². The molecule has 2 saturated carbocycles. The Morgan fingerprint density at radius 1 is 1.14 bits per heavy atom. The van der Waals surface area contributed by atoms with Gasteiger partial charge in [-0.05, 0) is 43.1 Å². The van der Waals surface area contributed by atoms with Crippen LogP contribution in [0.1, 0.15) is 31.2 Å². The predicted molar refractivity (Wildman–Crippen MR) is 80.1 cm³/mol. The number of carboxylic acid groups (broad SMARTS) is 1. The van der Waals surface area contributed by atoms with E-state index in [2.05, 4.69) is 5.32 Å². The van der Waals surface area contributed by atoms with E-state index in [4.69, 9.17) is 9.84 Å². The Kier molecular flexibility index (Phi) is 4.32. The van der Waals surface area contributed by atoms with E-state index < -0.39 is 12.1 Å². The molecule has 0 spiro atoms. The molecule has 118 valence electrons. The van der Waals surface area contributed by atoms with Gasteiger partial charge < -0.3 is 15.2 Å². The van der Waals surface area contributed by atoms with E-state index in [1.165, 1.54) is 0 Å². The Hall–Kier alpha value is -2.04. The lowest BCUT2D eigenvalue weighted by Gasteiger charge is -2.33. The lowest BCUT2D eigenvalue weighted by atomic mass is 9.77. The first-order valence-electron chi connectivity index (χ1n) is 7.83. The van der Waals surface area contributed by atoms with E-state index >= 15 is 0 Å². The molecule has 2 fully saturated rings. The third kappa shape index (κ3) is 3.24. The van der Waals surface area contributed by atoms with Crippen molar-refractivity contribution in [2.45, 2.75) is 38.3 Å². The molecular formula is C17H21NO4. The number of nitrogens with one attached hydrogen (secondary N) is 1. The van der Waals surface area contributed by atoms with E-state index in [1.807, 2.05) is 30.3 Å². The minimum atomic E-state index is -0.706. The van der Waals surface area contributed by atoms with Crippen LogP contribution in [-0.2, 0) is 16.1 Å². The molecule has 1 amide bonds. The molecule has 2 bridgehead atoms. The van der Waals surface area contributed by atoms with Crippen LogP contribution in [0.4, 0.5) is 4.79 Å². The highest BCUT2D eigenvalue weighted by Gasteiger charge is 2.45. The van der Waals surface area contributed by atoms with Crippen molar-refractivity contribution in [3.8, 4) is 0 Å². The van der Waals surface area contributed by atoms with Crippen molar-refractivity contribution in [2.24, 2.45) is 17.8 Å². The molecule has 4 atom stereocenters. The first-order chi connectivity index (χ1) is 10.6. The van der Waals surface area contributed by atoms with Crippen molar-refractivity contribution in [3.05, 3.63) is 35.9 Å². The largest absolute Gasteiger partial charge is 0.481 e. The van der Waals surface area contributed by atoms with E-state index in [0.29, 0.717) is 12.8 Å². The maximum atomic E-state index is 12.0. The summed E-state index contributed by atoms with van der Waals surface area (Å²) < 4.78 is 5.26. The smallest absolute Gasteiger partial charge is 0.407 e. The number of fused-ring (bicyclic) bond motifs is 2. The second-order valence-corrected chi connectivity index (χ2v) is 6.34. The van der Waals surface area contributed by atoms with Crippen molar-refractivity contribution in [2.75, 3.05) is 0 Å². The summed E-state index contributed by atoms with van der Waals surface area (Å²) in [6.07, 6.45) is 2.92. The van der Waals surface area contributed by atoms with Crippen LogP contribution >= 0.6 is 0 Å². The van der Waals surface area contributed by atoms with Crippen LogP contribution in [-0.4, -0.2) is 23.2 Å². The summed E-state index contributed by atoms with van der Waals surface area (Å²) in [5, 5.41) is 12.1. The summed E-state index contributed by atoms with van der Waals surface area (Å²) in [4.78, 5) is 23.1. The zero-order chi connectivity index (χ0) is 15.5. The summed E-state index contributed by atoms with van der Waals surface area (Å²) in [6, 6.07) is 9.62. The minimum absolute atomic E-state index is 0.0684. The minimum Gasteiger partial charge on any atom is -0.481 e. The maximum absolute atomic E-state index is 12.0. The lowest BCUT2D eigenvalue weighted by Crippen LogP contribution is -2.46. The molecule has 0 aliphatic heterocycles. The number of hydrogen-bond acceptors (Lipinski definition) is 3. The van der Waals surface area contributed by atoms with E-state index in [-0.39, 0.29) is 30.4 Å². The summed E-state index contributed by atoms with van der Waals surface area (Å²) in [5.74, 6) is -0.425. The average Bonchev–Trinajstić information content (AvgIpc) is 2.75. The van der Waals surface area contributed by atoms with Crippen LogP contribution in [0.3, 0.4) is 0 Å². The van der Waals surface area contributed by atoms with Gasteiger partial charge in [0.2, 0.25) is 0 Å². The fraction of sp³-hybridized carbons (Fsp3) is 0.529. The first-order valence-corrected chi connectivity index (χ1v) is 7.83. The second kappa shape index (κ2) is 6.38. The molecule has 2 unspecified atom stereocenters. The first kappa shape index (κ1) is 14.9. The molecule has 0 aromatic heterocycles. The number of benzene rings is 1. The van der Waals surface area contributed by atoms with Crippen molar-refractivity contribution in [1.82, 2.24) is 5.32 Å². The van der Waals surface area contributed by atoms with Crippen LogP contribution in [0, 0.1) is 17.8 Å². The molecule has 22 heavy (non-hydrogen) atoms. The second-order valence-electron chi connectivity index (χ2n) is 6.34. The van der Waals surface area contributed by atoms with Crippen molar-refractivity contribution < 1.29 is 19.4 Å². The molecule has 3 rings (SSSR count). The zero-order valence-electron chi connectivity index (χ0n) is 12.4. The van der Waals surface area contributed by atoms with Gasteiger partial charge in [0.25, 0.3) is 0 Å². The molecule has 5 heteroatoms. The Balaban J connectivity index is 1.51. The van der Waals surface area contributed by atoms with Gasteiger partial charge in [-0.1, -0.05) is 30.3 Å². The van der Waals surface area contributed by atoms with Gasteiger partial charge in [-0.15, -0.1) is 0 Å². The number of ether oxygens (including phenoxy) is 1. The van der Waals surface area contributed by atoms with Crippen LogP contribution in [0.25, 0.3) is 0 Å². The molecule has 2 aliphatic carbocycles. The van der Waals surface area contributed by atoms with Gasteiger partial charge in [-0.25, -0.2) is 4.79 Å². The Morgan fingerprint density at radius 2 is 1.77 bits per heavy atom. The quantitative estimate of drug-likeness (QED) is 0.897. The molecular weight excluding hydrogens is 282 g/mol. The molecule has 0 heterocycles. The number of carbonyl (C=O) groups excluding carboxylic acids is 1. The highest BCUT2D eigenvalue weighted by atomic mass is 16.5. The van der Waals surface area contributed by atoms with E-state index in [0.717, 1.165) is 18.4 Å². The third-order valence-electron chi connectivity index (χ3n) is 4.95. The molecule has 2 aliphatic rings. The summed E-state index contributed by atoms with van der Waals surface area (Å²) in [7, 11) is 0. The van der Waals surface area contributed by atoms with Crippen LogP contribution in [0.15, 0.2) is 30.3 Å². The fourth-order valence-electron chi connectivity index (χ4n) is 3.87. The molecule has 0 saturated heterocycles. The zero-order valence-corrected chi connectivity index (χ0v) is 12.4. The summed E-state index contributed by atoms with van der Waals surface area (Å²) >= 11 is 0. The maximum Gasteiger partial charge on any atom is 0.407 e. The molecule has 1 aromatic carbocycles. The van der Waals surface area contributed by atoms with E-state index in [1.54, 1.807) is 0 Å². The molecule has 1 aromatic rings. The van der Waals surface area contributed by atoms with Crippen LogP contribution < -0.4 is 5.32 Å². The van der Waals surface area contributed by atoms with Gasteiger partial charge in [0.05, 0.1) is 5.92 Å². The highest BCUT2D eigenvalue weighted by Crippen LogP contribution is 2.45. The highest BCUT2D eigenvalue weighted by molar-refractivity contribution is 5.71. The molecule has 0 radical (unpaired) electrons. The molecule has 5 nitrogen and oxygen atoms in total. The van der Waals surface area contributed by atoms with Crippen LogP contribution in [0.5, 0.6) is 0 Å². The number of carbonyl (C=O) groups is 2. The predicted octanol–water partition coefficient (Wildman–Crippen LogP) is 2.80. The van der Waals surface area contributed by atoms with Crippen LogP contribution in [0.2, 0.25) is 0 Å². The van der Waals surface area contributed by atoms with Gasteiger partial charge in [0, 0.05) is 6.04 Å². The number of hydrogen-bond donors (Lipinski definition) is 2. The Labute approximate surface area is 129 Å². The van der Waals surface area contributed by atoms with Gasteiger partial charge in [0.15, 0.2) is 0 Å². The van der Waals surface area contributed by atoms with Gasteiger partial charge >= 0.3 is 12.1 Å². The topological polar surface area (TPSA) is 75.6 Å². The van der Waals surface area contributed by atoms with Crippen molar-refractivity contribution in [3.63, 3.8) is 0 Å². The van der Waals surface area contributed by atoms with Gasteiger partial charge in [-0.3, -0.25) is 4.79 Å². The summed E-state index contributed by atoms with van der Waals surface area (Å²) in [6.45, 7) is 0.256. The normalized spacial score (nSPS) is 29.8. The Morgan fingerprint density at radius 3 is 2.36 bits per heavy atom. The SMILES string of the molecule is O=C(NC1[C@@H]2CC[C@H]1CC(C(=O)O)C2)OCc1ccccc1. The van der Waals surface area contributed by atoms with Crippen molar-refractivity contribution in [1.29, 1.82) is 0 Å². The number of aliphatic carboxylic acids is 1. The monoisotopic (exact) mass is 303 g/mol. The third-order valence-corrected chi connectivity index (χ3v) is 4.95.